The van der Waals surface area contributed by atoms with E-state index in [1.165, 1.54) is 11.3 Å². The van der Waals surface area contributed by atoms with Crippen LogP contribution in [0.25, 0.3) is 0 Å². The molecule has 1 aromatic heterocycles. The van der Waals surface area contributed by atoms with Gasteiger partial charge in [-0.05, 0) is 51.8 Å². The first-order valence-electron chi connectivity index (χ1n) is 5.42. The van der Waals surface area contributed by atoms with Gasteiger partial charge in [-0.2, -0.15) is 0 Å². The fourth-order valence-corrected chi connectivity index (χ4v) is 3.18. The molecule has 0 saturated heterocycles. The van der Waals surface area contributed by atoms with Gasteiger partial charge in [-0.1, -0.05) is 0 Å². The Bertz CT molecular complexity index is 427. The molecular weight excluding hydrogens is 384 g/mol. The van der Waals surface area contributed by atoms with Crippen molar-refractivity contribution in [3.05, 3.63) is 19.2 Å². The number of hydrogen-bond donors (Lipinski definition) is 2. The van der Waals surface area contributed by atoms with Gasteiger partial charge in [0.05, 0.1) is 8.66 Å². The minimum absolute atomic E-state index is 0.0566. The average molecular weight is 398 g/mol. The summed E-state index contributed by atoms with van der Waals surface area (Å²) >= 11 is 8.00. The van der Waals surface area contributed by atoms with Gasteiger partial charge in [0.25, 0.3) is 5.91 Å². The van der Waals surface area contributed by atoms with Crippen LogP contribution < -0.4 is 10.6 Å². The van der Waals surface area contributed by atoms with E-state index in [2.05, 4.69) is 42.5 Å². The van der Waals surface area contributed by atoms with E-state index < -0.39 is 0 Å². The lowest BCUT2D eigenvalue weighted by molar-refractivity contribution is -0.121. The quantitative estimate of drug-likeness (QED) is 0.802. The molecule has 0 atom stereocenters. The van der Waals surface area contributed by atoms with Crippen LogP contribution in [0, 0.1) is 0 Å². The van der Waals surface area contributed by atoms with Gasteiger partial charge < -0.3 is 10.6 Å². The minimum Gasteiger partial charge on any atom is -0.354 e. The van der Waals surface area contributed by atoms with Crippen LogP contribution >= 0.6 is 43.2 Å². The van der Waals surface area contributed by atoms with Crippen molar-refractivity contribution in [2.75, 3.05) is 6.54 Å². The molecule has 0 saturated carbocycles. The van der Waals surface area contributed by atoms with Crippen molar-refractivity contribution in [2.45, 2.75) is 26.3 Å². The van der Waals surface area contributed by atoms with Crippen LogP contribution in [0.4, 0.5) is 0 Å². The lowest BCUT2D eigenvalue weighted by atomic mass is 10.3. The molecule has 1 heterocycles. The standard InChI is InChI=1S/C11H14Br2N2O2S/c1-6(2)15-9(16)3-4-14-11(17)8-5-7(12)10(13)18-8/h5-6H,3-4H2,1-2H3,(H,14,17)(H,15,16). The van der Waals surface area contributed by atoms with Crippen molar-refractivity contribution >= 4 is 55.0 Å². The third-order valence-corrected chi connectivity index (χ3v) is 5.21. The first-order valence-corrected chi connectivity index (χ1v) is 7.82. The molecule has 1 aromatic rings. The molecule has 0 radical (unpaired) electrons. The molecule has 1 rings (SSSR count). The third kappa shape index (κ3) is 5.07. The summed E-state index contributed by atoms with van der Waals surface area (Å²) in [5, 5.41) is 5.48. The van der Waals surface area contributed by atoms with E-state index in [-0.39, 0.29) is 24.3 Å². The maximum atomic E-state index is 11.7. The zero-order chi connectivity index (χ0) is 13.7. The first kappa shape index (κ1) is 15.7. The van der Waals surface area contributed by atoms with Gasteiger partial charge in [0, 0.05) is 23.5 Å². The van der Waals surface area contributed by atoms with E-state index in [0.29, 0.717) is 11.4 Å². The topological polar surface area (TPSA) is 58.2 Å². The van der Waals surface area contributed by atoms with E-state index in [0.717, 1.165) is 8.26 Å². The Hall–Kier alpha value is -0.400. The third-order valence-electron chi connectivity index (χ3n) is 1.96. The second kappa shape index (κ2) is 7.25. The Morgan fingerprint density at radius 3 is 2.56 bits per heavy atom. The molecule has 4 nitrogen and oxygen atoms in total. The van der Waals surface area contributed by atoms with E-state index in [9.17, 15) is 9.59 Å². The van der Waals surface area contributed by atoms with Gasteiger partial charge >= 0.3 is 0 Å². The Labute approximate surface area is 127 Å². The Morgan fingerprint density at radius 2 is 2.06 bits per heavy atom. The number of thiophene rings is 1. The summed E-state index contributed by atoms with van der Waals surface area (Å²) in [6.07, 6.45) is 0.289. The fraction of sp³-hybridized carbons (Fsp3) is 0.455. The Morgan fingerprint density at radius 1 is 1.39 bits per heavy atom. The zero-order valence-corrected chi connectivity index (χ0v) is 14.0. The number of halogens is 2. The fourth-order valence-electron chi connectivity index (χ4n) is 1.23. The highest BCUT2D eigenvalue weighted by atomic mass is 79.9. The van der Waals surface area contributed by atoms with Crippen molar-refractivity contribution < 1.29 is 9.59 Å². The highest BCUT2D eigenvalue weighted by Gasteiger charge is 2.12. The van der Waals surface area contributed by atoms with Crippen LogP contribution in [0.3, 0.4) is 0 Å². The van der Waals surface area contributed by atoms with Crippen LogP contribution in [0.5, 0.6) is 0 Å². The molecule has 2 N–H and O–H groups in total. The summed E-state index contributed by atoms with van der Waals surface area (Å²) in [7, 11) is 0. The van der Waals surface area contributed by atoms with E-state index in [4.69, 9.17) is 0 Å². The highest BCUT2D eigenvalue weighted by molar-refractivity contribution is 9.13. The molecule has 0 aliphatic rings. The molecule has 7 heteroatoms. The summed E-state index contributed by atoms with van der Waals surface area (Å²) in [6.45, 7) is 4.14. The van der Waals surface area contributed by atoms with Crippen molar-refractivity contribution in [1.82, 2.24) is 10.6 Å². The van der Waals surface area contributed by atoms with Gasteiger partial charge in [0.1, 0.15) is 0 Å². The van der Waals surface area contributed by atoms with Gasteiger partial charge in [-0.25, -0.2) is 0 Å². The average Bonchev–Trinajstić information content (AvgIpc) is 2.58. The molecule has 18 heavy (non-hydrogen) atoms. The molecular formula is C11H14Br2N2O2S. The summed E-state index contributed by atoms with van der Waals surface area (Å²) in [5.41, 5.74) is 0. The molecule has 0 fully saturated rings. The van der Waals surface area contributed by atoms with E-state index in [1.807, 2.05) is 13.8 Å². The number of nitrogens with one attached hydrogen (secondary N) is 2. The molecule has 2 amide bonds. The van der Waals surface area contributed by atoms with Crippen molar-refractivity contribution in [2.24, 2.45) is 0 Å². The molecule has 0 aromatic carbocycles. The molecule has 100 valence electrons. The number of carbonyl (C=O) groups is 2. The van der Waals surface area contributed by atoms with Crippen LogP contribution in [0.15, 0.2) is 14.3 Å². The number of amides is 2. The van der Waals surface area contributed by atoms with Crippen molar-refractivity contribution in [3.63, 3.8) is 0 Å². The lowest BCUT2D eigenvalue weighted by Crippen LogP contribution is -2.33. The normalized spacial score (nSPS) is 10.5. The second-order valence-corrected chi connectivity index (χ2v) is 7.18. The van der Waals surface area contributed by atoms with Crippen molar-refractivity contribution in [1.29, 1.82) is 0 Å². The van der Waals surface area contributed by atoms with Crippen LogP contribution in [0.1, 0.15) is 29.9 Å². The predicted octanol–water partition coefficient (Wildman–Crippen LogP) is 2.92. The van der Waals surface area contributed by atoms with Crippen molar-refractivity contribution in [3.8, 4) is 0 Å². The molecule has 0 unspecified atom stereocenters. The first-order chi connectivity index (χ1) is 8.40. The largest absolute Gasteiger partial charge is 0.354 e. The summed E-state index contributed by atoms with van der Waals surface area (Å²) in [4.78, 5) is 23.7. The number of rotatable bonds is 5. The van der Waals surface area contributed by atoms with Gasteiger partial charge in [-0.15, -0.1) is 11.3 Å². The molecule has 0 aliphatic carbocycles. The van der Waals surface area contributed by atoms with E-state index in [1.54, 1.807) is 6.07 Å². The Kier molecular flexibility index (Phi) is 6.31. The summed E-state index contributed by atoms with van der Waals surface area (Å²) in [6, 6.07) is 1.87. The second-order valence-electron chi connectivity index (χ2n) is 3.96. The molecule has 0 bridgehead atoms. The maximum Gasteiger partial charge on any atom is 0.261 e. The summed E-state index contributed by atoms with van der Waals surface area (Å²) < 4.78 is 1.74. The molecule has 0 aliphatic heterocycles. The monoisotopic (exact) mass is 396 g/mol. The highest BCUT2D eigenvalue weighted by Crippen LogP contribution is 2.32. The summed E-state index contributed by atoms with van der Waals surface area (Å²) in [5.74, 6) is -0.220. The van der Waals surface area contributed by atoms with Crippen LogP contribution in [-0.4, -0.2) is 24.4 Å². The predicted molar refractivity (Wildman–Crippen MR) is 79.9 cm³/mol. The van der Waals surface area contributed by atoms with Gasteiger partial charge in [-0.3, -0.25) is 9.59 Å². The van der Waals surface area contributed by atoms with E-state index >= 15 is 0 Å². The number of carbonyl (C=O) groups excluding carboxylic acids is 2. The maximum absolute atomic E-state index is 11.7. The molecule has 0 spiro atoms. The minimum atomic E-state index is -0.163. The van der Waals surface area contributed by atoms with Gasteiger partial charge in [0.2, 0.25) is 5.91 Å². The van der Waals surface area contributed by atoms with Crippen LogP contribution in [-0.2, 0) is 4.79 Å². The lowest BCUT2D eigenvalue weighted by Gasteiger charge is -2.08. The van der Waals surface area contributed by atoms with Crippen LogP contribution in [0.2, 0.25) is 0 Å². The van der Waals surface area contributed by atoms with Gasteiger partial charge in [0.15, 0.2) is 0 Å². The smallest absolute Gasteiger partial charge is 0.261 e. The number of hydrogen-bond acceptors (Lipinski definition) is 3. The Balaban J connectivity index is 2.36. The SMILES string of the molecule is CC(C)NC(=O)CCNC(=O)c1cc(Br)c(Br)s1. The zero-order valence-electron chi connectivity index (χ0n) is 10.0.